The van der Waals surface area contributed by atoms with Gasteiger partial charge in [-0.25, -0.2) is 0 Å². The molecule has 5 nitrogen and oxygen atoms in total. The molecule has 22 heavy (non-hydrogen) atoms. The van der Waals surface area contributed by atoms with Crippen molar-refractivity contribution in [3.63, 3.8) is 0 Å². The largest absolute Gasteiger partial charge is 0.324 e. The Hall–Kier alpha value is -2.66. The van der Waals surface area contributed by atoms with Crippen molar-refractivity contribution < 1.29 is 4.79 Å². The molecule has 1 atom stereocenters. The zero-order chi connectivity index (χ0) is 15.5. The molecule has 3 aromatic rings. The maximum absolute atomic E-state index is 12.7. The molecule has 0 radical (unpaired) electrons. The van der Waals surface area contributed by atoms with Gasteiger partial charge in [0.15, 0.2) is 0 Å². The lowest BCUT2D eigenvalue weighted by atomic mass is 10.1. The number of anilines is 1. The van der Waals surface area contributed by atoms with Crippen LogP contribution in [-0.4, -0.2) is 35.1 Å². The molecule has 2 aromatic carbocycles. The quantitative estimate of drug-likeness (QED) is 0.778. The molecule has 0 aliphatic heterocycles. The van der Waals surface area contributed by atoms with E-state index < -0.39 is 0 Å². The number of carbonyl (C=O) groups excluding carboxylic acids is 1. The van der Waals surface area contributed by atoms with Gasteiger partial charge in [0.2, 0.25) is 5.91 Å². The highest BCUT2D eigenvalue weighted by molar-refractivity contribution is 5.97. The van der Waals surface area contributed by atoms with E-state index in [-0.39, 0.29) is 11.9 Å². The van der Waals surface area contributed by atoms with E-state index in [2.05, 4.69) is 15.5 Å². The number of amides is 1. The second-order valence-corrected chi connectivity index (χ2v) is 5.44. The van der Waals surface area contributed by atoms with Gasteiger partial charge in [0.05, 0.1) is 11.7 Å². The van der Waals surface area contributed by atoms with Gasteiger partial charge in [0.25, 0.3) is 0 Å². The van der Waals surface area contributed by atoms with Crippen LogP contribution in [0.1, 0.15) is 11.6 Å². The molecule has 1 heterocycles. The number of nitrogens with zero attached hydrogens (tertiary/aromatic N) is 2. The highest BCUT2D eigenvalue weighted by Gasteiger charge is 2.22. The number of aromatic nitrogens is 2. The number of nitrogens with one attached hydrogen (secondary N) is 2. The second-order valence-electron chi connectivity index (χ2n) is 5.44. The first-order chi connectivity index (χ1) is 10.6. The van der Waals surface area contributed by atoms with Gasteiger partial charge in [-0.05, 0) is 37.9 Å². The summed E-state index contributed by atoms with van der Waals surface area (Å²) < 4.78 is 0. The smallest absolute Gasteiger partial charge is 0.246 e. The minimum absolute atomic E-state index is 0.0601. The van der Waals surface area contributed by atoms with Crippen molar-refractivity contribution in [1.82, 2.24) is 15.1 Å². The van der Waals surface area contributed by atoms with Gasteiger partial charge < -0.3 is 5.32 Å². The monoisotopic (exact) mass is 294 g/mol. The Morgan fingerprint density at radius 3 is 2.68 bits per heavy atom. The van der Waals surface area contributed by atoms with Crippen molar-refractivity contribution in [2.45, 2.75) is 6.04 Å². The molecule has 1 aromatic heterocycles. The van der Waals surface area contributed by atoms with Crippen molar-refractivity contribution in [3.8, 4) is 0 Å². The number of fused-ring (bicyclic) bond motifs is 1. The Balaban J connectivity index is 1.84. The molecular weight excluding hydrogens is 276 g/mol. The van der Waals surface area contributed by atoms with E-state index in [1.54, 1.807) is 6.20 Å². The number of benzene rings is 2. The van der Waals surface area contributed by atoms with Crippen molar-refractivity contribution >= 4 is 22.5 Å². The average molecular weight is 294 g/mol. The fourth-order valence-electron chi connectivity index (χ4n) is 2.54. The molecule has 3 rings (SSSR count). The number of carbonyl (C=O) groups is 1. The standard InChI is InChI=1S/C17H18N4O/c1-21(2)16(12-6-4-3-5-7-12)17(22)19-14-9-8-13-11-18-20-15(13)10-14/h3-11,16H,1-2H3,(H,18,20)(H,19,22). The lowest BCUT2D eigenvalue weighted by molar-refractivity contribution is -0.120. The average Bonchev–Trinajstić information content (AvgIpc) is 2.95. The molecule has 0 aliphatic carbocycles. The number of hydrogen-bond acceptors (Lipinski definition) is 3. The summed E-state index contributed by atoms with van der Waals surface area (Å²) in [6.45, 7) is 0. The highest BCUT2D eigenvalue weighted by Crippen LogP contribution is 2.22. The Morgan fingerprint density at radius 2 is 1.95 bits per heavy atom. The third-order valence-electron chi connectivity index (χ3n) is 3.59. The number of H-pyrrole nitrogens is 1. The number of hydrogen-bond donors (Lipinski definition) is 2. The molecule has 1 amide bonds. The molecule has 112 valence electrons. The van der Waals surface area contributed by atoms with Gasteiger partial charge in [0.1, 0.15) is 6.04 Å². The Kier molecular flexibility index (Phi) is 3.89. The predicted octanol–water partition coefficient (Wildman–Crippen LogP) is 2.80. The fraction of sp³-hybridized carbons (Fsp3) is 0.176. The first-order valence-electron chi connectivity index (χ1n) is 7.10. The molecule has 5 heteroatoms. The van der Waals surface area contributed by atoms with Crippen molar-refractivity contribution in [2.24, 2.45) is 0 Å². The van der Waals surface area contributed by atoms with Crippen LogP contribution in [0.25, 0.3) is 10.9 Å². The van der Waals surface area contributed by atoms with E-state index in [9.17, 15) is 4.79 Å². The van der Waals surface area contributed by atoms with Crippen LogP contribution < -0.4 is 5.32 Å². The Bertz CT molecular complexity index is 779. The fourth-order valence-corrected chi connectivity index (χ4v) is 2.54. The number of rotatable bonds is 4. The van der Waals surface area contributed by atoms with Crippen LogP contribution in [0, 0.1) is 0 Å². The first kappa shape index (κ1) is 14.3. The van der Waals surface area contributed by atoms with Crippen molar-refractivity contribution in [2.75, 3.05) is 19.4 Å². The lowest BCUT2D eigenvalue weighted by Gasteiger charge is -2.23. The van der Waals surface area contributed by atoms with Crippen LogP contribution in [0.5, 0.6) is 0 Å². The van der Waals surface area contributed by atoms with Crippen LogP contribution in [0.2, 0.25) is 0 Å². The van der Waals surface area contributed by atoms with E-state index in [4.69, 9.17) is 0 Å². The summed E-state index contributed by atoms with van der Waals surface area (Å²) in [6, 6.07) is 15.1. The van der Waals surface area contributed by atoms with E-state index >= 15 is 0 Å². The third-order valence-corrected chi connectivity index (χ3v) is 3.59. The summed E-state index contributed by atoms with van der Waals surface area (Å²) in [5.74, 6) is -0.0601. The van der Waals surface area contributed by atoms with Gasteiger partial charge in [-0.1, -0.05) is 30.3 Å². The molecule has 0 fully saturated rings. The van der Waals surface area contributed by atoms with E-state index in [1.165, 1.54) is 0 Å². The highest BCUT2D eigenvalue weighted by atomic mass is 16.2. The third kappa shape index (κ3) is 2.84. The van der Waals surface area contributed by atoms with Crippen molar-refractivity contribution in [3.05, 3.63) is 60.3 Å². The molecule has 0 aliphatic rings. The SMILES string of the molecule is CN(C)C(C(=O)Nc1ccc2cn[nH]c2c1)c1ccccc1. The minimum atomic E-state index is -0.335. The van der Waals surface area contributed by atoms with Crippen LogP contribution >= 0.6 is 0 Å². The summed E-state index contributed by atoms with van der Waals surface area (Å²) in [6.07, 6.45) is 1.76. The van der Waals surface area contributed by atoms with Gasteiger partial charge in [-0.15, -0.1) is 0 Å². The summed E-state index contributed by atoms with van der Waals surface area (Å²) in [5.41, 5.74) is 2.62. The normalized spacial score (nSPS) is 12.5. The molecule has 0 bridgehead atoms. The summed E-state index contributed by atoms with van der Waals surface area (Å²) in [7, 11) is 3.80. The van der Waals surface area contributed by atoms with E-state index in [0.29, 0.717) is 0 Å². The maximum Gasteiger partial charge on any atom is 0.246 e. The maximum atomic E-state index is 12.7. The molecular formula is C17H18N4O. The predicted molar refractivity (Wildman–Crippen MR) is 87.6 cm³/mol. The van der Waals surface area contributed by atoms with Crippen LogP contribution in [0.15, 0.2) is 54.7 Å². The van der Waals surface area contributed by atoms with E-state index in [1.807, 2.05) is 67.5 Å². The summed E-state index contributed by atoms with van der Waals surface area (Å²) in [5, 5.41) is 10.9. The minimum Gasteiger partial charge on any atom is -0.324 e. The Labute approximate surface area is 128 Å². The molecule has 0 saturated heterocycles. The summed E-state index contributed by atoms with van der Waals surface area (Å²) in [4.78, 5) is 14.6. The zero-order valence-corrected chi connectivity index (χ0v) is 12.6. The van der Waals surface area contributed by atoms with Crippen molar-refractivity contribution in [1.29, 1.82) is 0 Å². The van der Waals surface area contributed by atoms with Crippen LogP contribution in [0.4, 0.5) is 5.69 Å². The lowest BCUT2D eigenvalue weighted by Crippen LogP contribution is -2.32. The number of likely N-dealkylation sites (N-methyl/N-ethyl adjacent to an activating group) is 1. The van der Waals surface area contributed by atoms with Gasteiger partial charge in [-0.3, -0.25) is 14.8 Å². The zero-order valence-electron chi connectivity index (χ0n) is 12.6. The van der Waals surface area contributed by atoms with Crippen LogP contribution in [0.3, 0.4) is 0 Å². The molecule has 0 saturated carbocycles. The number of aromatic amines is 1. The Morgan fingerprint density at radius 1 is 1.18 bits per heavy atom. The topological polar surface area (TPSA) is 61.0 Å². The van der Waals surface area contributed by atoms with Gasteiger partial charge >= 0.3 is 0 Å². The second kappa shape index (κ2) is 5.99. The van der Waals surface area contributed by atoms with Gasteiger partial charge in [0, 0.05) is 11.1 Å². The molecule has 0 spiro atoms. The van der Waals surface area contributed by atoms with E-state index in [0.717, 1.165) is 22.2 Å². The summed E-state index contributed by atoms with van der Waals surface area (Å²) >= 11 is 0. The molecule has 2 N–H and O–H groups in total. The van der Waals surface area contributed by atoms with Gasteiger partial charge in [-0.2, -0.15) is 5.10 Å². The van der Waals surface area contributed by atoms with Crippen LogP contribution in [-0.2, 0) is 4.79 Å². The first-order valence-corrected chi connectivity index (χ1v) is 7.10. The molecule has 1 unspecified atom stereocenters.